The summed E-state index contributed by atoms with van der Waals surface area (Å²) in [6.45, 7) is 3.65. The molecule has 0 saturated heterocycles. The largest absolute Gasteiger partial charge is 0.494 e. The van der Waals surface area contributed by atoms with Gasteiger partial charge < -0.3 is 15.0 Å². The summed E-state index contributed by atoms with van der Waals surface area (Å²) in [5.41, 5.74) is 0.953. The smallest absolute Gasteiger partial charge is 0.264 e. The van der Waals surface area contributed by atoms with Gasteiger partial charge in [-0.15, -0.1) is 11.8 Å². The maximum Gasteiger partial charge on any atom is 0.264 e. The monoisotopic (exact) mass is 705 g/mol. The van der Waals surface area contributed by atoms with E-state index in [0.29, 0.717) is 40.1 Å². The summed E-state index contributed by atoms with van der Waals surface area (Å²) < 4.78 is 35.0. The normalized spacial score (nSPS) is 14.4. The molecule has 0 radical (unpaired) electrons. The van der Waals surface area contributed by atoms with Gasteiger partial charge in [0.15, 0.2) is 0 Å². The van der Waals surface area contributed by atoms with Crippen LogP contribution in [0.25, 0.3) is 0 Å². The highest BCUT2D eigenvalue weighted by atomic mass is 35.5. The van der Waals surface area contributed by atoms with Crippen molar-refractivity contribution in [1.29, 1.82) is 0 Å². The molecule has 0 bridgehead atoms. The highest BCUT2D eigenvalue weighted by molar-refractivity contribution is 7.98. The van der Waals surface area contributed by atoms with Crippen molar-refractivity contribution in [1.82, 2.24) is 10.2 Å². The molecule has 3 aromatic carbocycles. The third kappa shape index (κ3) is 9.12. The zero-order valence-corrected chi connectivity index (χ0v) is 29.5. The van der Waals surface area contributed by atoms with Crippen LogP contribution in [0.15, 0.2) is 76.5 Å². The third-order valence-corrected chi connectivity index (χ3v) is 11.3. The molecule has 0 aromatic heterocycles. The number of ether oxygens (including phenoxy) is 1. The minimum absolute atomic E-state index is 0.0336. The Labute approximate surface area is 286 Å². The molecule has 12 heteroatoms. The van der Waals surface area contributed by atoms with E-state index in [1.54, 1.807) is 54.6 Å². The van der Waals surface area contributed by atoms with Gasteiger partial charge in [0.05, 0.1) is 27.2 Å². The molecule has 0 spiro atoms. The van der Waals surface area contributed by atoms with Gasteiger partial charge in [0, 0.05) is 17.5 Å². The first-order valence-corrected chi connectivity index (χ1v) is 18.9. The number of nitrogens with one attached hydrogen (secondary N) is 1. The fraction of sp³-hybridized carbons (Fsp3) is 0.412. The van der Waals surface area contributed by atoms with E-state index >= 15 is 0 Å². The summed E-state index contributed by atoms with van der Waals surface area (Å²) in [5, 5.41) is 3.84. The van der Waals surface area contributed by atoms with E-state index in [-0.39, 0.29) is 23.4 Å². The predicted octanol–water partition coefficient (Wildman–Crippen LogP) is 7.57. The van der Waals surface area contributed by atoms with Crippen LogP contribution in [-0.4, -0.2) is 56.6 Å². The molecule has 0 unspecified atom stereocenters. The van der Waals surface area contributed by atoms with Gasteiger partial charge in [-0.05, 0) is 98.7 Å². The van der Waals surface area contributed by atoms with Crippen molar-refractivity contribution < 1.29 is 22.7 Å². The molecule has 1 fully saturated rings. The summed E-state index contributed by atoms with van der Waals surface area (Å²) in [5.74, 6) is -0.216. The van der Waals surface area contributed by atoms with Gasteiger partial charge in [-0.3, -0.25) is 13.9 Å². The zero-order valence-electron chi connectivity index (χ0n) is 26.4. The van der Waals surface area contributed by atoms with Crippen molar-refractivity contribution in [3.63, 3.8) is 0 Å². The summed E-state index contributed by atoms with van der Waals surface area (Å²) in [4.78, 5) is 30.5. The molecule has 1 N–H and O–H groups in total. The molecule has 3 aromatic rings. The number of carbonyl (C=O) groups excluding carboxylic acids is 2. The molecule has 0 heterocycles. The Morgan fingerprint density at radius 1 is 0.957 bits per heavy atom. The predicted molar refractivity (Wildman–Crippen MR) is 186 cm³/mol. The number of halogens is 2. The lowest BCUT2D eigenvalue weighted by Gasteiger charge is -2.34. The lowest BCUT2D eigenvalue weighted by molar-refractivity contribution is -0.140. The molecule has 1 atom stereocenters. The van der Waals surface area contributed by atoms with E-state index in [1.807, 2.05) is 20.1 Å². The topological polar surface area (TPSA) is 96.0 Å². The number of anilines is 1. The minimum atomic E-state index is -4.20. The average molecular weight is 707 g/mol. The Hall–Kier alpha value is -2.92. The first-order chi connectivity index (χ1) is 22.1. The Morgan fingerprint density at radius 2 is 1.63 bits per heavy atom. The lowest BCUT2D eigenvalue weighted by atomic mass is 9.95. The van der Waals surface area contributed by atoms with Crippen LogP contribution in [0.3, 0.4) is 0 Å². The van der Waals surface area contributed by atoms with Crippen LogP contribution in [-0.2, 0) is 26.2 Å². The number of hydrogen-bond acceptors (Lipinski definition) is 6. The molecular weight excluding hydrogens is 665 g/mol. The van der Waals surface area contributed by atoms with Crippen LogP contribution < -0.4 is 14.4 Å². The Kier molecular flexibility index (Phi) is 13.1. The van der Waals surface area contributed by atoms with E-state index in [1.165, 1.54) is 28.8 Å². The number of benzene rings is 3. The Balaban J connectivity index is 1.72. The number of rotatable bonds is 14. The van der Waals surface area contributed by atoms with Crippen LogP contribution in [0, 0.1) is 0 Å². The van der Waals surface area contributed by atoms with Crippen molar-refractivity contribution >= 4 is 62.5 Å². The van der Waals surface area contributed by atoms with E-state index in [2.05, 4.69) is 5.32 Å². The maximum atomic E-state index is 14.4. The molecular formula is C34H41Cl2N3O5S2. The first kappa shape index (κ1) is 35.9. The van der Waals surface area contributed by atoms with Crippen molar-refractivity contribution in [3.05, 3.63) is 82.3 Å². The number of thioether (sulfide) groups is 1. The second-order valence-corrected chi connectivity index (χ2v) is 14.7. The van der Waals surface area contributed by atoms with Gasteiger partial charge in [0.1, 0.15) is 18.3 Å². The van der Waals surface area contributed by atoms with Crippen LogP contribution >= 0.6 is 35.0 Å². The maximum absolute atomic E-state index is 14.4. The van der Waals surface area contributed by atoms with Gasteiger partial charge in [-0.25, -0.2) is 8.42 Å². The Morgan fingerprint density at radius 3 is 2.22 bits per heavy atom. The molecule has 8 nitrogen and oxygen atoms in total. The van der Waals surface area contributed by atoms with Crippen molar-refractivity contribution in [2.24, 2.45) is 0 Å². The van der Waals surface area contributed by atoms with Gasteiger partial charge in [0.25, 0.3) is 10.0 Å². The van der Waals surface area contributed by atoms with Crippen LogP contribution in [0.4, 0.5) is 5.69 Å². The highest BCUT2D eigenvalue weighted by Crippen LogP contribution is 2.29. The average Bonchev–Trinajstić information content (AvgIpc) is 3.06. The SMILES string of the molecule is CCOc1ccc(N(CC(=O)N(Cc2ccc(Cl)c(Cl)c2)[C@H](CC)C(=O)NC2CCCCC2)S(=O)(=O)c2ccc(SC)cc2)cc1. The molecule has 1 aliphatic carbocycles. The summed E-state index contributed by atoms with van der Waals surface area (Å²) >= 11 is 14.0. The van der Waals surface area contributed by atoms with Crippen molar-refractivity contribution in [2.45, 2.75) is 80.8 Å². The molecule has 248 valence electrons. The second-order valence-electron chi connectivity index (χ2n) is 11.2. The highest BCUT2D eigenvalue weighted by Gasteiger charge is 2.34. The summed E-state index contributed by atoms with van der Waals surface area (Å²) in [7, 11) is -4.20. The number of nitrogens with zero attached hydrogens (tertiary/aromatic N) is 2. The van der Waals surface area contributed by atoms with Crippen LogP contribution in [0.1, 0.15) is 57.9 Å². The van der Waals surface area contributed by atoms with Crippen molar-refractivity contribution in [3.8, 4) is 5.75 Å². The lowest BCUT2D eigenvalue weighted by Crippen LogP contribution is -2.54. The molecule has 0 aliphatic heterocycles. The standard InChI is InChI=1S/C34H41Cl2N3O5S2/c1-4-32(34(41)37-25-9-7-6-8-10-25)38(22-24-11-20-30(35)31(36)21-24)33(40)23-39(26-12-14-27(15-13-26)44-5-2)46(42,43)29-18-16-28(45-3)17-19-29/h11-21,25,32H,4-10,22-23H2,1-3H3,(H,37,41)/t32-/m1/s1. The number of hydrogen-bond donors (Lipinski definition) is 1. The number of sulfonamides is 1. The van der Waals surface area contributed by atoms with Crippen LogP contribution in [0.2, 0.25) is 10.0 Å². The number of amides is 2. The molecule has 1 saturated carbocycles. The molecule has 46 heavy (non-hydrogen) atoms. The molecule has 2 amide bonds. The minimum Gasteiger partial charge on any atom is -0.494 e. The molecule has 1 aliphatic rings. The van der Waals surface area contributed by atoms with Crippen LogP contribution in [0.5, 0.6) is 5.75 Å². The van der Waals surface area contributed by atoms with Gasteiger partial charge >= 0.3 is 0 Å². The van der Waals surface area contributed by atoms with E-state index < -0.39 is 28.5 Å². The second kappa shape index (κ2) is 16.8. The van der Waals surface area contributed by atoms with Gasteiger partial charge in [-0.2, -0.15) is 0 Å². The van der Waals surface area contributed by atoms with Crippen molar-refractivity contribution in [2.75, 3.05) is 23.7 Å². The van der Waals surface area contributed by atoms with E-state index in [4.69, 9.17) is 27.9 Å². The van der Waals surface area contributed by atoms with E-state index in [9.17, 15) is 18.0 Å². The van der Waals surface area contributed by atoms with Gasteiger partial charge in [-0.1, -0.05) is 55.5 Å². The fourth-order valence-electron chi connectivity index (χ4n) is 5.58. The summed E-state index contributed by atoms with van der Waals surface area (Å²) in [6, 6.07) is 17.3. The van der Waals surface area contributed by atoms with E-state index in [0.717, 1.165) is 41.3 Å². The summed E-state index contributed by atoms with van der Waals surface area (Å²) in [6.07, 6.45) is 7.25. The fourth-order valence-corrected chi connectivity index (χ4v) is 7.72. The zero-order chi connectivity index (χ0) is 33.3. The quantitative estimate of drug-likeness (QED) is 0.174. The number of carbonyl (C=O) groups is 2. The molecule has 4 rings (SSSR count). The Bertz CT molecular complexity index is 1580. The first-order valence-electron chi connectivity index (χ1n) is 15.5. The van der Waals surface area contributed by atoms with Gasteiger partial charge in [0.2, 0.25) is 11.8 Å². The third-order valence-electron chi connectivity index (χ3n) is 8.04.